The zero-order chi connectivity index (χ0) is 18.5. The van der Waals surface area contributed by atoms with Crippen LogP contribution in [-0.4, -0.2) is 23.8 Å². The summed E-state index contributed by atoms with van der Waals surface area (Å²) in [5.41, 5.74) is 2.42. The van der Waals surface area contributed by atoms with Crippen molar-refractivity contribution in [1.82, 2.24) is 4.57 Å². The minimum atomic E-state index is -0.135. The van der Waals surface area contributed by atoms with Gasteiger partial charge in [0, 0.05) is 22.9 Å². The summed E-state index contributed by atoms with van der Waals surface area (Å²) in [4.78, 5) is 12.6. The lowest BCUT2D eigenvalue weighted by Crippen LogP contribution is -2.21. The predicted octanol–water partition coefficient (Wildman–Crippen LogP) is 4.47. The van der Waals surface area contributed by atoms with Crippen LogP contribution in [0.4, 0.5) is 0 Å². The third-order valence-electron chi connectivity index (χ3n) is 3.65. The number of nitrogens with zero attached hydrogens (tertiary/aromatic N) is 3. The smallest absolute Gasteiger partial charge is 0.230 e. The monoisotopic (exact) mass is 385 g/mol. The van der Waals surface area contributed by atoms with Gasteiger partial charge in [-0.3, -0.25) is 9.36 Å². The van der Waals surface area contributed by atoms with E-state index < -0.39 is 0 Å². The number of thiazole rings is 1. The summed E-state index contributed by atoms with van der Waals surface area (Å²) in [6.07, 6.45) is 1.57. The first-order valence-electron chi connectivity index (χ1n) is 7.77. The van der Waals surface area contributed by atoms with Gasteiger partial charge in [-0.05, 0) is 35.9 Å². The van der Waals surface area contributed by atoms with E-state index in [1.165, 1.54) is 22.8 Å². The molecule has 2 aromatic carbocycles. The maximum atomic E-state index is 12.1. The average molecular weight is 386 g/mol. The van der Waals surface area contributed by atoms with E-state index in [1.807, 2.05) is 47.8 Å². The molecule has 7 heteroatoms. The predicted molar refractivity (Wildman–Crippen MR) is 105 cm³/mol. The lowest BCUT2D eigenvalue weighted by Gasteiger charge is -2.05. The number of hydrogen-bond acceptors (Lipinski definition) is 5. The quantitative estimate of drug-likeness (QED) is 0.491. The Morgan fingerprint density at radius 3 is 2.58 bits per heavy atom. The van der Waals surface area contributed by atoms with Crippen molar-refractivity contribution in [3.05, 3.63) is 69.3 Å². The first kappa shape index (κ1) is 18.1. The molecule has 0 radical (unpaired) electrons. The fraction of sp³-hybridized carbons (Fsp3) is 0.105. The fourth-order valence-corrected chi connectivity index (χ4v) is 3.44. The summed E-state index contributed by atoms with van der Waals surface area (Å²) in [6.45, 7) is 1.50. The maximum absolute atomic E-state index is 12.1. The molecule has 0 aliphatic carbocycles. The molecule has 3 aromatic rings. The number of aromatic nitrogens is 1. The number of rotatable bonds is 4. The van der Waals surface area contributed by atoms with Crippen molar-refractivity contribution in [2.75, 3.05) is 7.11 Å². The third-order valence-corrected chi connectivity index (χ3v) is 4.81. The van der Waals surface area contributed by atoms with Crippen LogP contribution in [-0.2, 0) is 0 Å². The second-order valence-electron chi connectivity index (χ2n) is 5.35. The second-order valence-corrected chi connectivity index (χ2v) is 6.60. The number of hydrogen-bond donors (Lipinski definition) is 0. The van der Waals surface area contributed by atoms with Gasteiger partial charge >= 0.3 is 0 Å². The first-order valence-corrected chi connectivity index (χ1v) is 9.03. The van der Waals surface area contributed by atoms with Gasteiger partial charge in [0.1, 0.15) is 5.75 Å². The normalized spacial score (nSPS) is 11.9. The van der Waals surface area contributed by atoms with Gasteiger partial charge < -0.3 is 4.74 Å². The van der Waals surface area contributed by atoms with Gasteiger partial charge in [-0.1, -0.05) is 29.8 Å². The van der Waals surface area contributed by atoms with Crippen LogP contribution in [0.25, 0.3) is 11.3 Å². The highest BCUT2D eigenvalue weighted by Crippen LogP contribution is 2.23. The topological polar surface area (TPSA) is 56.0 Å². The molecule has 132 valence electrons. The zero-order valence-corrected chi connectivity index (χ0v) is 15.8. The average Bonchev–Trinajstić information content (AvgIpc) is 3.07. The number of halogens is 1. The Bertz CT molecular complexity index is 1020. The Hall–Kier alpha value is -2.70. The molecular formula is C19H16ClN3O2S. The molecule has 0 fully saturated rings. The maximum Gasteiger partial charge on any atom is 0.230 e. The lowest BCUT2D eigenvalue weighted by atomic mass is 10.1. The van der Waals surface area contributed by atoms with Crippen LogP contribution < -0.4 is 9.54 Å². The number of methoxy groups -OCH3 is 1. The van der Waals surface area contributed by atoms with Gasteiger partial charge in [0.05, 0.1) is 19.0 Å². The van der Waals surface area contributed by atoms with Crippen molar-refractivity contribution >= 4 is 35.1 Å². The molecule has 5 nitrogen and oxygen atoms in total. The molecule has 0 spiro atoms. The Morgan fingerprint density at radius 1 is 1.19 bits per heavy atom. The van der Waals surface area contributed by atoms with Crippen LogP contribution >= 0.6 is 22.9 Å². The van der Waals surface area contributed by atoms with Crippen molar-refractivity contribution in [3.63, 3.8) is 0 Å². The van der Waals surface area contributed by atoms with Crippen molar-refractivity contribution in [2.45, 2.75) is 6.92 Å². The number of carbonyl (C=O) groups is 1. The first-order chi connectivity index (χ1) is 12.6. The summed E-state index contributed by atoms with van der Waals surface area (Å²) in [5.74, 6) is 0.622. The van der Waals surface area contributed by atoms with Crippen LogP contribution in [0.2, 0.25) is 5.02 Å². The minimum Gasteiger partial charge on any atom is -0.497 e. The Morgan fingerprint density at radius 2 is 1.92 bits per heavy atom. The molecule has 1 aromatic heterocycles. The van der Waals surface area contributed by atoms with E-state index in [-0.39, 0.29) is 5.91 Å². The van der Waals surface area contributed by atoms with Crippen LogP contribution in [0.5, 0.6) is 5.75 Å². The molecule has 0 saturated heterocycles. The van der Waals surface area contributed by atoms with Gasteiger partial charge in [-0.2, -0.15) is 5.10 Å². The van der Waals surface area contributed by atoms with E-state index >= 15 is 0 Å². The van der Waals surface area contributed by atoms with E-state index in [9.17, 15) is 4.79 Å². The second kappa shape index (κ2) is 8.12. The molecule has 0 atom stereocenters. The molecule has 0 aliphatic rings. The highest BCUT2D eigenvalue weighted by molar-refractivity contribution is 7.07. The standard InChI is InChI=1S/C19H16ClN3O2S/c1-13(24)23-18(14-7-9-16(25-2)10-8-14)12-26-19(23)22-21-11-15-5-3-4-6-17(15)20/h3-12H,1-2H3. The Kier molecular flexibility index (Phi) is 5.65. The molecule has 0 unspecified atom stereocenters. The van der Waals surface area contributed by atoms with E-state index in [2.05, 4.69) is 10.2 Å². The molecule has 0 amide bonds. The van der Waals surface area contributed by atoms with Crippen molar-refractivity contribution in [3.8, 4) is 17.0 Å². The summed E-state index contributed by atoms with van der Waals surface area (Å²) in [7, 11) is 1.61. The number of carbonyl (C=O) groups excluding carboxylic acids is 1. The van der Waals surface area contributed by atoms with Crippen LogP contribution in [0.1, 0.15) is 17.3 Å². The van der Waals surface area contributed by atoms with Crippen LogP contribution in [0, 0.1) is 0 Å². The van der Waals surface area contributed by atoms with Crippen molar-refractivity contribution < 1.29 is 9.53 Å². The highest BCUT2D eigenvalue weighted by Gasteiger charge is 2.11. The summed E-state index contributed by atoms with van der Waals surface area (Å²) < 4.78 is 6.71. The minimum absolute atomic E-state index is 0.135. The molecule has 0 aliphatic heterocycles. The summed E-state index contributed by atoms with van der Waals surface area (Å²) >= 11 is 7.44. The third kappa shape index (κ3) is 3.92. The highest BCUT2D eigenvalue weighted by atomic mass is 35.5. The molecule has 26 heavy (non-hydrogen) atoms. The largest absolute Gasteiger partial charge is 0.497 e. The van der Waals surface area contributed by atoms with Gasteiger partial charge in [0.15, 0.2) is 0 Å². The lowest BCUT2D eigenvalue weighted by molar-refractivity contribution is 0.0935. The van der Waals surface area contributed by atoms with E-state index in [0.717, 1.165) is 22.6 Å². The zero-order valence-electron chi connectivity index (χ0n) is 14.2. The summed E-state index contributed by atoms with van der Waals surface area (Å²) in [6, 6.07) is 14.8. The molecule has 1 heterocycles. The van der Waals surface area contributed by atoms with Crippen LogP contribution in [0.3, 0.4) is 0 Å². The van der Waals surface area contributed by atoms with Gasteiger partial charge in [0.25, 0.3) is 0 Å². The van der Waals surface area contributed by atoms with E-state index in [4.69, 9.17) is 16.3 Å². The van der Waals surface area contributed by atoms with Crippen molar-refractivity contribution in [2.24, 2.45) is 10.2 Å². The van der Waals surface area contributed by atoms with Crippen LogP contribution in [0.15, 0.2) is 64.1 Å². The van der Waals surface area contributed by atoms with E-state index in [1.54, 1.807) is 19.4 Å². The number of ether oxygens (including phenoxy) is 1. The van der Waals surface area contributed by atoms with Crippen molar-refractivity contribution in [1.29, 1.82) is 0 Å². The molecule has 0 N–H and O–H groups in total. The molecule has 0 bridgehead atoms. The Labute approximate surface area is 159 Å². The SMILES string of the molecule is COc1ccc(-c2csc(=NN=Cc3ccccc3Cl)n2C(C)=O)cc1. The molecule has 0 saturated carbocycles. The molecule has 3 rings (SSSR count). The van der Waals surface area contributed by atoms with Gasteiger partial charge in [-0.25, -0.2) is 0 Å². The Balaban J connectivity index is 1.99. The summed E-state index contributed by atoms with van der Waals surface area (Å²) in [5, 5.41) is 10.7. The number of benzene rings is 2. The fourth-order valence-electron chi connectivity index (χ4n) is 2.37. The van der Waals surface area contributed by atoms with Gasteiger partial charge in [0.2, 0.25) is 10.7 Å². The van der Waals surface area contributed by atoms with E-state index in [0.29, 0.717) is 9.82 Å². The van der Waals surface area contributed by atoms with Gasteiger partial charge in [-0.15, -0.1) is 16.4 Å². The molecular weight excluding hydrogens is 370 g/mol.